The second kappa shape index (κ2) is 4.88. The Morgan fingerprint density at radius 3 is 2.75 bits per heavy atom. The summed E-state index contributed by atoms with van der Waals surface area (Å²) in [7, 11) is 0. The third-order valence-electron chi connectivity index (χ3n) is 3.54. The molecule has 1 fully saturated rings. The van der Waals surface area contributed by atoms with Crippen LogP contribution in [0.3, 0.4) is 0 Å². The van der Waals surface area contributed by atoms with Gasteiger partial charge in [0.25, 0.3) is 0 Å². The lowest BCUT2D eigenvalue weighted by atomic mass is 10.0. The molecule has 0 spiro atoms. The number of hydrogen-bond acceptors (Lipinski definition) is 2. The van der Waals surface area contributed by atoms with Gasteiger partial charge in [-0.2, -0.15) is 0 Å². The fourth-order valence-electron chi connectivity index (χ4n) is 2.11. The lowest BCUT2D eigenvalue weighted by Crippen LogP contribution is -2.25. The first-order valence-corrected chi connectivity index (χ1v) is 6.19. The molecule has 16 heavy (non-hydrogen) atoms. The van der Waals surface area contributed by atoms with Gasteiger partial charge in [-0.1, -0.05) is 19.1 Å². The fraction of sp³-hybridized carbons (Fsp3) is 0.571. The largest absolute Gasteiger partial charge is 0.508 e. The zero-order valence-corrected chi connectivity index (χ0v) is 10.1. The van der Waals surface area contributed by atoms with Crippen LogP contribution >= 0.6 is 0 Å². The van der Waals surface area contributed by atoms with E-state index in [9.17, 15) is 5.11 Å². The summed E-state index contributed by atoms with van der Waals surface area (Å²) in [4.78, 5) is 0. The average molecular weight is 219 g/mol. The molecule has 0 bridgehead atoms. The SMILES string of the molecule is CC(NCC(C)C1CC1)c1cccc(O)c1. The van der Waals surface area contributed by atoms with Crippen molar-refractivity contribution >= 4 is 0 Å². The predicted molar refractivity (Wildman–Crippen MR) is 66.4 cm³/mol. The van der Waals surface area contributed by atoms with Gasteiger partial charge in [-0.15, -0.1) is 0 Å². The third kappa shape index (κ3) is 2.99. The van der Waals surface area contributed by atoms with Crippen molar-refractivity contribution in [2.75, 3.05) is 6.54 Å². The van der Waals surface area contributed by atoms with Crippen molar-refractivity contribution in [3.8, 4) is 5.75 Å². The summed E-state index contributed by atoms with van der Waals surface area (Å²) < 4.78 is 0. The molecule has 0 aliphatic heterocycles. The van der Waals surface area contributed by atoms with Gasteiger partial charge >= 0.3 is 0 Å². The van der Waals surface area contributed by atoms with Gasteiger partial charge in [0.05, 0.1) is 0 Å². The molecule has 2 nitrogen and oxygen atoms in total. The Morgan fingerprint density at radius 2 is 2.12 bits per heavy atom. The van der Waals surface area contributed by atoms with Crippen molar-refractivity contribution in [1.29, 1.82) is 0 Å². The lowest BCUT2D eigenvalue weighted by molar-refractivity contribution is 0.430. The summed E-state index contributed by atoms with van der Waals surface area (Å²) in [5.74, 6) is 2.07. The van der Waals surface area contributed by atoms with Crippen LogP contribution in [0.1, 0.15) is 38.3 Å². The number of benzene rings is 1. The number of nitrogens with one attached hydrogen (secondary N) is 1. The van der Waals surface area contributed by atoms with Gasteiger partial charge in [-0.25, -0.2) is 0 Å². The Hall–Kier alpha value is -1.02. The van der Waals surface area contributed by atoms with Crippen molar-refractivity contribution < 1.29 is 5.11 Å². The highest BCUT2D eigenvalue weighted by Gasteiger charge is 2.27. The van der Waals surface area contributed by atoms with E-state index in [-0.39, 0.29) is 0 Å². The molecule has 1 aliphatic rings. The highest BCUT2D eigenvalue weighted by molar-refractivity contribution is 5.28. The molecule has 88 valence electrons. The van der Waals surface area contributed by atoms with Crippen LogP contribution in [0.5, 0.6) is 5.75 Å². The molecule has 0 radical (unpaired) electrons. The molecular weight excluding hydrogens is 198 g/mol. The molecule has 1 saturated carbocycles. The first-order chi connectivity index (χ1) is 7.66. The van der Waals surface area contributed by atoms with Crippen LogP contribution in [0.25, 0.3) is 0 Å². The number of hydrogen-bond donors (Lipinski definition) is 2. The fourth-order valence-corrected chi connectivity index (χ4v) is 2.11. The number of phenolic OH excluding ortho intramolecular Hbond substituents is 1. The number of aromatic hydroxyl groups is 1. The van der Waals surface area contributed by atoms with E-state index >= 15 is 0 Å². The Kier molecular flexibility index (Phi) is 3.49. The first kappa shape index (κ1) is 11.5. The van der Waals surface area contributed by atoms with Gasteiger partial charge in [0.2, 0.25) is 0 Å². The summed E-state index contributed by atoms with van der Waals surface area (Å²) in [5.41, 5.74) is 1.16. The Balaban J connectivity index is 1.84. The van der Waals surface area contributed by atoms with Crippen LogP contribution in [-0.4, -0.2) is 11.7 Å². The minimum Gasteiger partial charge on any atom is -0.508 e. The van der Waals surface area contributed by atoms with E-state index in [1.165, 1.54) is 12.8 Å². The van der Waals surface area contributed by atoms with E-state index in [2.05, 4.69) is 25.2 Å². The minimum absolute atomic E-state index is 0.313. The number of phenols is 1. The second-order valence-corrected chi connectivity index (χ2v) is 5.04. The van der Waals surface area contributed by atoms with Crippen molar-refractivity contribution in [3.63, 3.8) is 0 Å². The maximum absolute atomic E-state index is 9.41. The maximum Gasteiger partial charge on any atom is 0.115 e. The van der Waals surface area contributed by atoms with E-state index < -0.39 is 0 Å². The van der Waals surface area contributed by atoms with Gasteiger partial charge in [0.15, 0.2) is 0 Å². The molecule has 1 aromatic rings. The average Bonchev–Trinajstić information content (AvgIpc) is 3.09. The van der Waals surface area contributed by atoms with E-state index in [1.54, 1.807) is 6.07 Å². The van der Waals surface area contributed by atoms with Gasteiger partial charge < -0.3 is 10.4 Å². The van der Waals surface area contributed by atoms with Gasteiger partial charge in [0.1, 0.15) is 5.75 Å². The number of rotatable bonds is 5. The summed E-state index contributed by atoms with van der Waals surface area (Å²) in [6.07, 6.45) is 2.81. The van der Waals surface area contributed by atoms with Crippen molar-refractivity contribution in [3.05, 3.63) is 29.8 Å². The summed E-state index contributed by atoms with van der Waals surface area (Å²) in [6, 6.07) is 7.81. The van der Waals surface area contributed by atoms with E-state index in [4.69, 9.17) is 0 Å². The Labute approximate surface area is 97.7 Å². The molecule has 2 rings (SSSR count). The molecule has 2 atom stereocenters. The standard InChI is InChI=1S/C14H21NO/c1-10(12-6-7-12)9-15-11(2)13-4-3-5-14(16)8-13/h3-5,8,10-12,15-16H,6-7,9H2,1-2H3. The zero-order chi connectivity index (χ0) is 11.5. The normalized spacial score (nSPS) is 19.4. The van der Waals surface area contributed by atoms with Crippen molar-refractivity contribution in [2.24, 2.45) is 11.8 Å². The molecule has 2 N–H and O–H groups in total. The first-order valence-electron chi connectivity index (χ1n) is 6.19. The lowest BCUT2D eigenvalue weighted by Gasteiger charge is -2.18. The monoisotopic (exact) mass is 219 g/mol. The topological polar surface area (TPSA) is 32.3 Å². The molecule has 1 aliphatic carbocycles. The smallest absolute Gasteiger partial charge is 0.115 e. The summed E-state index contributed by atoms with van der Waals surface area (Å²) in [6.45, 7) is 5.54. The molecule has 1 aromatic carbocycles. The van der Waals surface area contributed by atoms with E-state index in [0.29, 0.717) is 11.8 Å². The maximum atomic E-state index is 9.41. The predicted octanol–water partition coefficient (Wildman–Crippen LogP) is 3.09. The second-order valence-electron chi connectivity index (χ2n) is 5.04. The molecule has 2 unspecified atom stereocenters. The highest BCUT2D eigenvalue weighted by Crippen LogP contribution is 2.36. The minimum atomic E-state index is 0.313. The summed E-state index contributed by atoms with van der Waals surface area (Å²) >= 11 is 0. The summed E-state index contributed by atoms with van der Waals surface area (Å²) in [5, 5.41) is 12.9. The van der Waals surface area contributed by atoms with Crippen LogP contribution < -0.4 is 5.32 Å². The molecule has 0 aromatic heterocycles. The van der Waals surface area contributed by atoms with Crippen LogP contribution in [-0.2, 0) is 0 Å². The highest BCUT2D eigenvalue weighted by atomic mass is 16.3. The van der Waals surface area contributed by atoms with Crippen LogP contribution in [0, 0.1) is 11.8 Å². The Bertz CT molecular complexity index is 346. The van der Waals surface area contributed by atoms with E-state index in [1.807, 2.05) is 12.1 Å². The van der Waals surface area contributed by atoms with Crippen molar-refractivity contribution in [1.82, 2.24) is 5.32 Å². The molecule has 0 saturated heterocycles. The van der Waals surface area contributed by atoms with Gasteiger partial charge in [-0.3, -0.25) is 0 Å². The van der Waals surface area contributed by atoms with Gasteiger partial charge in [0, 0.05) is 6.04 Å². The van der Waals surface area contributed by atoms with E-state index in [0.717, 1.165) is 23.9 Å². The van der Waals surface area contributed by atoms with Crippen LogP contribution in [0.2, 0.25) is 0 Å². The molecule has 0 amide bonds. The van der Waals surface area contributed by atoms with Crippen LogP contribution in [0.4, 0.5) is 0 Å². The quantitative estimate of drug-likeness (QED) is 0.797. The van der Waals surface area contributed by atoms with Crippen molar-refractivity contribution in [2.45, 2.75) is 32.7 Å². The zero-order valence-electron chi connectivity index (χ0n) is 10.1. The molecule has 0 heterocycles. The van der Waals surface area contributed by atoms with Crippen LogP contribution in [0.15, 0.2) is 24.3 Å². The molecule has 2 heteroatoms. The van der Waals surface area contributed by atoms with Gasteiger partial charge in [-0.05, 0) is 55.8 Å². The third-order valence-corrected chi connectivity index (χ3v) is 3.54. The Morgan fingerprint density at radius 1 is 1.38 bits per heavy atom. The molecular formula is C14H21NO.